The molecule has 4 aromatic rings. The molecule has 0 aliphatic rings. The van der Waals surface area contributed by atoms with E-state index in [1.54, 1.807) is 23.9 Å². The molecule has 1 N–H and O–H groups in total. The molecule has 1 aromatic heterocycles. The topological polar surface area (TPSA) is 99.3 Å². The van der Waals surface area contributed by atoms with Crippen LogP contribution in [0.1, 0.15) is 11.1 Å². The molecule has 0 spiro atoms. The van der Waals surface area contributed by atoms with Crippen molar-refractivity contribution in [2.75, 3.05) is 7.11 Å². The Hall–Kier alpha value is -4.46. The molecule has 0 bridgehead atoms. The minimum atomic E-state index is -0.446. The van der Waals surface area contributed by atoms with Crippen molar-refractivity contribution >= 4 is 11.6 Å². The van der Waals surface area contributed by atoms with Crippen LogP contribution in [0.15, 0.2) is 85.1 Å². The van der Waals surface area contributed by atoms with Gasteiger partial charge in [-0.15, -0.1) is 0 Å². The second kappa shape index (κ2) is 9.78. The SMILES string of the molecule is COc1ccccc1CNC(=O)Cc1cn(-c2ccccc2)nc1-c1ccc([N+](=O)[O-])cc1. The summed E-state index contributed by atoms with van der Waals surface area (Å²) in [6.07, 6.45) is 1.92. The summed E-state index contributed by atoms with van der Waals surface area (Å²) in [6.45, 7) is 0.336. The highest BCUT2D eigenvalue weighted by Crippen LogP contribution is 2.26. The van der Waals surface area contributed by atoms with Crippen LogP contribution in [0.3, 0.4) is 0 Å². The number of nitrogens with one attached hydrogen (secondary N) is 1. The predicted molar refractivity (Wildman–Crippen MR) is 124 cm³/mol. The van der Waals surface area contributed by atoms with Gasteiger partial charge >= 0.3 is 0 Å². The quantitative estimate of drug-likeness (QED) is 0.324. The second-order valence-electron chi connectivity index (χ2n) is 7.35. The molecule has 8 heteroatoms. The van der Waals surface area contributed by atoms with Crippen molar-refractivity contribution in [1.82, 2.24) is 15.1 Å². The molecule has 33 heavy (non-hydrogen) atoms. The number of carbonyl (C=O) groups excluding carboxylic acids is 1. The van der Waals surface area contributed by atoms with Crippen LogP contribution in [0, 0.1) is 10.1 Å². The van der Waals surface area contributed by atoms with Crippen LogP contribution in [0.4, 0.5) is 5.69 Å². The zero-order valence-corrected chi connectivity index (χ0v) is 18.0. The second-order valence-corrected chi connectivity index (χ2v) is 7.35. The van der Waals surface area contributed by atoms with E-state index in [2.05, 4.69) is 10.4 Å². The number of ether oxygens (including phenoxy) is 1. The fourth-order valence-corrected chi connectivity index (χ4v) is 3.51. The summed E-state index contributed by atoms with van der Waals surface area (Å²) in [5.41, 5.74) is 3.73. The molecular weight excluding hydrogens is 420 g/mol. The van der Waals surface area contributed by atoms with Crippen LogP contribution in [-0.4, -0.2) is 27.7 Å². The van der Waals surface area contributed by atoms with Crippen LogP contribution < -0.4 is 10.1 Å². The summed E-state index contributed by atoms with van der Waals surface area (Å²) in [6, 6.07) is 23.2. The van der Waals surface area contributed by atoms with Crippen molar-refractivity contribution in [3.63, 3.8) is 0 Å². The highest BCUT2D eigenvalue weighted by Gasteiger charge is 2.17. The Balaban J connectivity index is 1.59. The molecule has 3 aromatic carbocycles. The third-order valence-corrected chi connectivity index (χ3v) is 5.18. The van der Waals surface area contributed by atoms with Crippen molar-refractivity contribution < 1.29 is 14.5 Å². The predicted octanol–water partition coefficient (Wildman–Crippen LogP) is 4.32. The summed E-state index contributed by atoms with van der Waals surface area (Å²) < 4.78 is 7.05. The van der Waals surface area contributed by atoms with Gasteiger partial charge in [0.05, 0.1) is 29.8 Å². The molecule has 0 saturated carbocycles. The van der Waals surface area contributed by atoms with E-state index in [0.29, 0.717) is 29.1 Å². The molecule has 0 radical (unpaired) electrons. The highest BCUT2D eigenvalue weighted by molar-refractivity contribution is 5.81. The largest absolute Gasteiger partial charge is 0.496 e. The zero-order chi connectivity index (χ0) is 23.2. The van der Waals surface area contributed by atoms with E-state index in [1.165, 1.54) is 12.1 Å². The fraction of sp³-hybridized carbons (Fsp3) is 0.120. The number of benzene rings is 3. The third kappa shape index (κ3) is 5.07. The van der Waals surface area contributed by atoms with Crippen molar-refractivity contribution in [2.24, 2.45) is 0 Å². The number of hydrogen-bond acceptors (Lipinski definition) is 5. The van der Waals surface area contributed by atoms with Crippen molar-refractivity contribution in [3.8, 4) is 22.7 Å². The Labute approximate surface area is 190 Å². The number of nitro benzene ring substituents is 1. The van der Waals surface area contributed by atoms with E-state index in [-0.39, 0.29) is 18.0 Å². The van der Waals surface area contributed by atoms with Gasteiger partial charge in [-0.3, -0.25) is 14.9 Å². The maximum atomic E-state index is 12.8. The summed E-state index contributed by atoms with van der Waals surface area (Å²) in [4.78, 5) is 23.3. The Bertz CT molecular complexity index is 1270. The van der Waals surface area contributed by atoms with Gasteiger partial charge in [-0.25, -0.2) is 4.68 Å². The van der Waals surface area contributed by atoms with Gasteiger partial charge in [-0.05, 0) is 30.3 Å². The number of aromatic nitrogens is 2. The first kappa shape index (κ1) is 21.8. The van der Waals surface area contributed by atoms with Crippen LogP contribution in [0.5, 0.6) is 5.75 Å². The normalized spacial score (nSPS) is 10.6. The molecule has 8 nitrogen and oxygen atoms in total. The number of nitro groups is 1. The van der Waals surface area contributed by atoms with Gasteiger partial charge in [-0.1, -0.05) is 36.4 Å². The summed E-state index contributed by atoms with van der Waals surface area (Å²) in [5, 5.41) is 18.6. The van der Waals surface area contributed by atoms with Gasteiger partial charge in [0.15, 0.2) is 0 Å². The van der Waals surface area contributed by atoms with Crippen LogP contribution in [-0.2, 0) is 17.8 Å². The van der Waals surface area contributed by atoms with Crippen molar-refractivity contribution in [1.29, 1.82) is 0 Å². The molecule has 0 atom stereocenters. The molecule has 4 rings (SSSR count). The number of carbonyl (C=O) groups is 1. The Morgan fingerprint density at radius 2 is 1.70 bits per heavy atom. The van der Waals surface area contributed by atoms with E-state index in [4.69, 9.17) is 4.74 Å². The Kier molecular flexibility index (Phi) is 6.45. The Morgan fingerprint density at radius 1 is 1.00 bits per heavy atom. The lowest BCUT2D eigenvalue weighted by atomic mass is 10.1. The van der Waals surface area contributed by atoms with E-state index < -0.39 is 4.92 Å². The van der Waals surface area contributed by atoms with E-state index in [1.807, 2.05) is 60.8 Å². The number of para-hydroxylation sites is 2. The number of methoxy groups -OCH3 is 1. The molecular formula is C25H22N4O4. The smallest absolute Gasteiger partial charge is 0.269 e. The van der Waals surface area contributed by atoms with Gasteiger partial charge in [0.2, 0.25) is 5.91 Å². The zero-order valence-electron chi connectivity index (χ0n) is 18.0. The van der Waals surface area contributed by atoms with Crippen molar-refractivity contribution in [2.45, 2.75) is 13.0 Å². The van der Waals surface area contributed by atoms with Gasteiger partial charge < -0.3 is 10.1 Å². The van der Waals surface area contributed by atoms with Crippen molar-refractivity contribution in [3.05, 3.63) is 106 Å². The van der Waals surface area contributed by atoms with E-state index >= 15 is 0 Å². The molecule has 0 aliphatic heterocycles. The molecule has 0 saturated heterocycles. The van der Waals surface area contributed by atoms with E-state index in [9.17, 15) is 14.9 Å². The number of non-ortho nitro benzene ring substituents is 1. The van der Waals surface area contributed by atoms with E-state index in [0.717, 1.165) is 11.3 Å². The lowest BCUT2D eigenvalue weighted by Crippen LogP contribution is -2.24. The highest BCUT2D eigenvalue weighted by atomic mass is 16.6. The molecule has 1 heterocycles. The fourth-order valence-electron chi connectivity index (χ4n) is 3.51. The van der Waals surface area contributed by atoms with Crippen LogP contribution >= 0.6 is 0 Å². The monoisotopic (exact) mass is 442 g/mol. The number of amides is 1. The first-order valence-electron chi connectivity index (χ1n) is 10.3. The first-order chi connectivity index (χ1) is 16.0. The minimum absolute atomic E-state index is 0.00246. The maximum absolute atomic E-state index is 12.8. The number of rotatable bonds is 8. The maximum Gasteiger partial charge on any atom is 0.269 e. The summed E-state index contributed by atoms with van der Waals surface area (Å²) >= 11 is 0. The van der Waals surface area contributed by atoms with Crippen LogP contribution in [0.2, 0.25) is 0 Å². The molecule has 0 unspecified atom stereocenters. The Morgan fingerprint density at radius 3 is 2.39 bits per heavy atom. The van der Waals surface area contributed by atoms with Gasteiger partial charge in [0.1, 0.15) is 5.75 Å². The van der Waals surface area contributed by atoms with Crippen LogP contribution in [0.25, 0.3) is 16.9 Å². The summed E-state index contributed by atoms with van der Waals surface area (Å²) in [7, 11) is 1.59. The van der Waals surface area contributed by atoms with Gasteiger partial charge in [0.25, 0.3) is 5.69 Å². The number of hydrogen-bond donors (Lipinski definition) is 1. The third-order valence-electron chi connectivity index (χ3n) is 5.18. The molecule has 0 aliphatic carbocycles. The average molecular weight is 442 g/mol. The van der Waals surface area contributed by atoms with Gasteiger partial charge in [0, 0.05) is 41.6 Å². The lowest BCUT2D eigenvalue weighted by molar-refractivity contribution is -0.384. The standard InChI is InChI=1S/C25H22N4O4/c1-33-23-10-6-5-7-19(23)16-26-24(30)15-20-17-28(21-8-3-2-4-9-21)27-25(20)18-11-13-22(14-12-18)29(31)32/h2-14,17H,15-16H2,1H3,(H,26,30). The lowest BCUT2D eigenvalue weighted by Gasteiger charge is -2.09. The average Bonchev–Trinajstić information content (AvgIpc) is 3.27. The number of nitrogens with zero attached hydrogens (tertiary/aromatic N) is 3. The van der Waals surface area contributed by atoms with Gasteiger partial charge in [-0.2, -0.15) is 5.10 Å². The molecule has 0 fully saturated rings. The summed E-state index contributed by atoms with van der Waals surface area (Å²) in [5.74, 6) is 0.540. The molecule has 1 amide bonds. The molecule has 166 valence electrons. The first-order valence-corrected chi connectivity index (χ1v) is 10.3. The minimum Gasteiger partial charge on any atom is -0.496 e.